The average molecular weight is 229 g/mol. The van der Waals surface area contributed by atoms with Crippen LogP contribution in [0.1, 0.15) is 60.3 Å². The third kappa shape index (κ3) is 4.42. The predicted molar refractivity (Wildman–Crippen MR) is 71.7 cm³/mol. The van der Waals surface area contributed by atoms with Crippen molar-refractivity contribution >= 4 is 0 Å². The summed E-state index contributed by atoms with van der Waals surface area (Å²) in [5, 5.41) is 9.16. The predicted octanol–water partition coefficient (Wildman–Crippen LogP) is 3.29. The van der Waals surface area contributed by atoms with Crippen molar-refractivity contribution in [3.05, 3.63) is 0 Å². The Balaban J connectivity index is 0.00000106. The molecule has 98 valence electrons. The van der Waals surface area contributed by atoms with Gasteiger partial charge in [0.25, 0.3) is 0 Å². The number of nitrogens with zero attached hydrogens (tertiary/aromatic N) is 1. The molecular weight excluding hydrogens is 198 g/mol. The van der Waals surface area contributed by atoms with Gasteiger partial charge in [-0.2, -0.15) is 0 Å². The van der Waals surface area contributed by atoms with Crippen molar-refractivity contribution in [2.24, 2.45) is 5.92 Å². The van der Waals surface area contributed by atoms with E-state index < -0.39 is 0 Å². The number of likely N-dealkylation sites (tertiary alicyclic amines) is 1. The van der Waals surface area contributed by atoms with Crippen molar-refractivity contribution in [2.75, 3.05) is 13.2 Å². The highest BCUT2D eigenvalue weighted by Crippen LogP contribution is 2.27. The van der Waals surface area contributed by atoms with Crippen LogP contribution in [0.4, 0.5) is 0 Å². The minimum Gasteiger partial charge on any atom is -0.396 e. The van der Waals surface area contributed by atoms with Crippen LogP contribution in [0.15, 0.2) is 0 Å². The second-order valence-electron chi connectivity index (χ2n) is 4.68. The standard InChI is InChI=1S/C12H25NO.C2H6/c1-4-6-12(5-2)13-8-11(9-14)7-10(13)3;1-2/h10-12,14H,4-9H2,1-3H3;1-2H3. The summed E-state index contributed by atoms with van der Waals surface area (Å²) in [6.07, 6.45) is 5.00. The molecule has 0 saturated carbocycles. The zero-order valence-corrected chi connectivity index (χ0v) is 11.9. The van der Waals surface area contributed by atoms with Gasteiger partial charge in [0, 0.05) is 25.2 Å². The first-order chi connectivity index (χ1) is 7.72. The molecule has 1 fully saturated rings. The topological polar surface area (TPSA) is 23.5 Å². The van der Waals surface area contributed by atoms with Gasteiger partial charge in [-0.25, -0.2) is 0 Å². The van der Waals surface area contributed by atoms with Gasteiger partial charge in [0.2, 0.25) is 0 Å². The molecule has 16 heavy (non-hydrogen) atoms. The van der Waals surface area contributed by atoms with Crippen LogP contribution in [0.25, 0.3) is 0 Å². The number of hydrogen-bond donors (Lipinski definition) is 1. The Morgan fingerprint density at radius 2 is 1.94 bits per heavy atom. The fourth-order valence-corrected chi connectivity index (χ4v) is 2.75. The van der Waals surface area contributed by atoms with Crippen LogP contribution in [0.3, 0.4) is 0 Å². The summed E-state index contributed by atoms with van der Waals surface area (Å²) in [7, 11) is 0. The molecule has 1 saturated heterocycles. The highest BCUT2D eigenvalue weighted by Gasteiger charge is 2.31. The van der Waals surface area contributed by atoms with Crippen LogP contribution < -0.4 is 0 Å². The van der Waals surface area contributed by atoms with E-state index in [1.54, 1.807) is 0 Å². The fraction of sp³-hybridized carbons (Fsp3) is 1.00. The van der Waals surface area contributed by atoms with Gasteiger partial charge in [0.1, 0.15) is 0 Å². The van der Waals surface area contributed by atoms with Crippen molar-refractivity contribution in [3.8, 4) is 0 Å². The Bertz CT molecular complexity index is 161. The van der Waals surface area contributed by atoms with Crippen LogP contribution >= 0.6 is 0 Å². The molecular formula is C14H31NO. The molecule has 1 heterocycles. The van der Waals surface area contributed by atoms with E-state index in [1.807, 2.05) is 13.8 Å². The van der Waals surface area contributed by atoms with Gasteiger partial charge in [0.05, 0.1) is 0 Å². The maximum Gasteiger partial charge on any atom is 0.0472 e. The SMILES string of the molecule is CC.CCCC(CC)N1CC(CO)CC1C. The number of aliphatic hydroxyl groups excluding tert-OH is 1. The third-order valence-electron chi connectivity index (χ3n) is 3.53. The van der Waals surface area contributed by atoms with E-state index in [-0.39, 0.29) is 0 Å². The van der Waals surface area contributed by atoms with Crippen LogP contribution in [-0.2, 0) is 0 Å². The average Bonchev–Trinajstić information content (AvgIpc) is 2.70. The minimum absolute atomic E-state index is 0.364. The lowest BCUT2D eigenvalue weighted by Crippen LogP contribution is -2.37. The first kappa shape index (κ1) is 15.9. The van der Waals surface area contributed by atoms with Gasteiger partial charge in [-0.1, -0.05) is 34.1 Å². The Labute approximate surface area is 102 Å². The molecule has 0 aliphatic carbocycles. The van der Waals surface area contributed by atoms with E-state index >= 15 is 0 Å². The lowest BCUT2D eigenvalue weighted by molar-refractivity contribution is 0.162. The Morgan fingerprint density at radius 1 is 1.31 bits per heavy atom. The van der Waals surface area contributed by atoms with Crippen LogP contribution in [0.5, 0.6) is 0 Å². The Kier molecular flexibility index (Phi) is 8.96. The van der Waals surface area contributed by atoms with Crippen LogP contribution in [-0.4, -0.2) is 35.2 Å². The van der Waals surface area contributed by atoms with E-state index in [0.29, 0.717) is 18.6 Å². The van der Waals surface area contributed by atoms with Crippen molar-refractivity contribution < 1.29 is 5.11 Å². The maximum atomic E-state index is 9.16. The zero-order chi connectivity index (χ0) is 12.6. The second-order valence-corrected chi connectivity index (χ2v) is 4.68. The second kappa shape index (κ2) is 9.00. The molecule has 0 radical (unpaired) electrons. The smallest absolute Gasteiger partial charge is 0.0472 e. The fourth-order valence-electron chi connectivity index (χ4n) is 2.75. The number of hydrogen-bond acceptors (Lipinski definition) is 2. The maximum absolute atomic E-state index is 9.16. The largest absolute Gasteiger partial charge is 0.396 e. The van der Waals surface area contributed by atoms with Crippen LogP contribution in [0.2, 0.25) is 0 Å². The van der Waals surface area contributed by atoms with Crippen molar-refractivity contribution in [3.63, 3.8) is 0 Å². The molecule has 0 amide bonds. The zero-order valence-electron chi connectivity index (χ0n) is 11.9. The van der Waals surface area contributed by atoms with Crippen molar-refractivity contribution in [1.29, 1.82) is 0 Å². The number of aliphatic hydroxyl groups is 1. The molecule has 1 rings (SSSR count). The van der Waals surface area contributed by atoms with Gasteiger partial charge in [-0.15, -0.1) is 0 Å². The molecule has 1 N–H and O–H groups in total. The highest BCUT2D eigenvalue weighted by atomic mass is 16.3. The molecule has 0 bridgehead atoms. The van der Waals surface area contributed by atoms with Gasteiger partial charge in [-0.05, 0) is 32.1 Å². The van der Waals surface area contributed by atoms with Gasteiger partial charge in [-0.3, -0.25) is 4.90 Å². The number of rotatable bonds is 5. The van der Waals surface area contributed by atoms with Gasteiger partial charge < -0.3 is 5.11 Å². The molecule has 0 aromatic carbocycles. The first-order valence-corrected chi connectivity index (χ1v) is 7.09. The molecule has 0 spiro atoms. The van der Waals surface area contributed by atoms with Crippen LogP contribution in [0, 0.1) is 5.92 Å². The Hall–Kier alpha value is -0.0800. The summed E-state index contributed by atoms with van der Waals surface area (Å²) in [6, 6.07) is 1.41. The summed E-state index contributed by atoms with van der Waals surface area (Å²) in [4.78, 5) is 2.60. The normalized spacial score (nSPS) is 27.4. The molecule has 1 aliphatic heterocycles. The van der Waals surface area contributed by atoms with Gasteiger partial charge in [0.15, 0.2) is 0 Å². The summed E-state index contributed by atoms with van der Waals surface area (Å²) in [5.41, 5.74) is 0. The van der Waals surface area contributed by atoms with E-state index in [9.17, 15) is 0 Å². The summed E-state index contributed by atoms with van der Waals surface area (Å²) < 4.78 is 0. The molecule has 0 aromatic heterocycles. The van der Waals surface area contributed by atoms with E-state index in [0.717, 1.165) is 12.6 Å². The van der Waals surface area contributed by atoms with Crippen molar-refractivity contribution in [2.45, 2.75) is 72.4 Å². The first-order valence-electron chi connectivity index (χ1n) is 7.09. The van der Waals surface area contributed by atoms with E-state index in [4.69, 9.17) is 5.11 Å². The molecule has 0 aromatic rings. The summed E-state index contributed by atoms with van der Waals surface area (Å²) in [5.74, 6) is 0.524. The van der Waals surface area contributed by atoms with Crippen molar-refractivity contribution in [1.82, 2.24) is 4.90 Å². The molecule has 3 unspecified atom stereocenters. The lowest BCUT2D eigenvalue weighted by atomic mass is 10.1. The molecule has 2 heteroatoms. The minimum atomic E-state index is 0.364. The summed E-state index contributed by atoms with van der Waals surface area (Å²) in [6.45, 7) is 12.3. The highest BCUT2D eigenvalue weighted by molar-refractivity contribution is 4.86. The molecule has 1 aliphatic rings. The van der Waals surface area contributed by atoms with E-state index in [1.165, 1.54) is 25.7 Å². The Morgan fingerprint density at radius 3 is 2.31 bits per heavy atom. The molecule has 2 nitrogen and oxygen atoms in total. The monoisotopic (exact) mass is 229 g/mol. The molecule has 3 atom stereocenters. The third-order valence-corrected chi connectivity index (χ3v) is 3.53. The van der Waals surface area contributed by atoms with Gasteiger partial charge >= 0.3 is 0 Å². The van der Waals surface area contributed by atoms with E-state index in [2.05, 4.69) is 25.7 Å². The quantitative estimate of drug-likeness (QED) is 0.782. The summed E-state index contributed by atoms with van der Waals surface area (Å²) >= 11 is 0. The lowest BCUT2D eigenvalue weighted by Gasteiger charge is -2.30.